The first-order chi connectivity index (χ1) is 9.11. The highest BCUT2D eigenvalue weighted by atomic mass is 19.1. The molecule has 1 saturated heterocycles. The largest absolute Gasteiger partial charge is 0.369 e. The van der Waals surface area contributed by atoms with Crippen molar-refractivity contribution in [1.29, 1.82) is 0 Å². The summed E-state index contributed by atoms with van der Waals surface area (Å²) >= 11 is 0. The van der Waals surface area contributed by atoms with Crippen LogP contribution in [0.1, 0.15) is 32.3 Å². The molecule has 0 amide bonds. The number of hydrogen-bond donors (Lipinski definition) is 1. The van der Waals surface area contributed by atoms with Crippen molar-refractivity contribution in [2.24, 2.45) is 5.92 Å². The molecule has 0 bridgehead atoms. The number of nitrogens with zero attached hydrogens (tertiary/aromatic N) is 1. The predicted molar refractivity (Wildman–Crippen MR) is 79.2 cm³/mol. The van der Waals surface area contributed by atoms with Gasteiger partial charge in [0, 0.05) is 19.1 Å². The van der Waals surface area contributed by atoms with Gasteiger partial charge in [-0.05, 0) is 49.9 Å². The summed E-state index contributed by atoms with van der Waals surface area (Å²) in [5.74, 6) is 0.466. The Bertz CT molecular complexity index is 419. The van der Waals surface area contributed by atoms with Crippen molar-refractivity contribution >= 4 is 5.69 Å². The van der Waals surface area contributed by atoms with Crippen LogP contribution < -0.4 is 10.2 Å². The second-order valence-corrected chi connectivity index (χ2v) is 5.73. The van der Waals surface area contributed by atoms with Crippen molar-refractivity contribution < 1.29 is 4.39 Å². The average molecular weight is 264 g/mol. The highest BCUT2D eigenvalue weighted by Crippen LogP contribution is 2.26. The van der Waals surface area contributed by atoms with E-state index in [0.717, 1.165) is 37.3 Å². The number of piperidine rings is 1. The van der Waals surface area contributed by atoms with Gasteiger partial charge in [-0.2, -0.15) is 0 Å². The molecule has 0 saturated carbocycles. The van der Waals surface area contributed by atoms with Crippen LogP contribution in [-0.2, 0) is 0 Å². The van der Waals surface area contributed by atoms with Crippen LogP contribution in [0.2, 0.25) is 0 Å². The van der Waals surface area contributed by atoms with Crippen molar-refractivity contribution in [3.05, 3.63) is 29.6 Å². The van der Waals surface area contributed by atoms with E-state index in [2.05, 4.69) is 24.1 Å². The number of benzene rings is 1. The third kappa shape index (κ3) is 3.47. The van der Waals surface area contributed by atoms with Crippen LogP contribution in [0.3, 0.4) is 0 Å². The molecule has 1 N–H and O–H groups in total. The maximum atomic E-state index is 14.0. The molecule has 19 heavy (non-hydrogen) atoms. The molecule has 2 nitrogen and oxygen atoms in total. The summed E-state index contributed by atoms with van der Waals surface area (Å²) < 4.78 is 14.0. The monoisotopic (exact) mass is 264 g/mol. The molecule has 1 aromatic rings. The lowest BCUT2D eigenvalue weighted by Crippen LogP contribution is -2.48. The summed E-state index contributed by atoms with van der Waals surface area (Å²) in [5.41, 5.74) is 1.74. The molecule has 2 rings (SSSR count). The smallest absolute Gasteiger partial charge is 0.146 e. The first-order valence-electron chi connectivity index (χ1n) is 7.36. The molecule has 2 unspecified atom stereocenters. The Labute approximate surface area is 116 Å². The Kier molecular flexibility index (Phi) is 4.81. The Morgan fingerprint density at radius 1 is 1.42 bits per heavy atom. The number of halogens is 1. The number of anilines is 1. The van der Waals surface area contributed by atoms with E-state index in [9.17, 15) is 4.39 Å². The van der Waals surface area contributed by atoms with Crippen LogP contribution in [0.25, 0.3) is 0 Å². The summed E-state index contributed by atoms with van der Waals surface area (Å²) in [6.45, 7) is 9.32. The van der Waals surface area contributed by atoms with Gasteiger partial charge in [-0.15, -0.1) is 0 Å². The zero-order valence-corrected chi connectivity index (χ0v) is 12.2. The second kappa shape index (κ2) is 6.38. The lowest BCUT2D eigenvalue weighted by molar-refractivity contribution is 0.321. The zero-order chi connectivity index (χ0) is 13.8. The molecule has 3 heteroatoms. The first kappa shape index (κ1) is 14.3. The van der Waals surface area contributed by atoms with Gasteiger partial charge in [0.2, 0.25) is 0 Å². The van der Waals surface area contributed by atoms with Gasteiger partial charge in [-0.3, -0.25) is 0 Å². The maximum Gasteiger partial charge on any atom is 0.146 e. The van der Waals surface area contributed by atoms with E-state index in [1.807, 2.05) is 19.1 Å². The molecule has 1 aromatic carbocycles. The number of rotatable bonds is 4. The molecule has 2 atom stereocenters. The molecule has 0 aliphatic carbocycles. The van der Waals surface area contributed by atoms with E-state index in [1.54, 1.807) is 6.07 Å². The van der Waals surface area contributed by atoms with Crippen molar-refractivity contribution in [3.63, 3.8) is 0 Å². The van der Waals surface area contributed by atoms with Crippen LogP contribution >= 0.6 is 0 Å². The molecular formula is C16H25FN2. The lowest BCUT2D eigenvalue weighted by Gasteiger charge is -2.39. The quantitative estimate of drug-likeness (QED) is 0.897. The van der Waals surface area contributed by atoms with E-state index in [0.29, 0.717) is 12.0 Å². The van der Waals surface area contributed by atoms with Gasteiger partial charge in [0.05, 0.1) is 5.69 Å². The van der Waals surface area contributed by atoms with E-state index in [-0.39, 0.29) is 5.82 Å². The fraction of sp³-hybridized carbons (Fsp3) is 0.625. The first-order valence-corrected chi connectivity index (χ1v) is 7.36. The van der Waals surface area contributed by atoms with Crippen molar-refractivity contribution in [1.82, 2.24) is 5.32 Å². The van der Waals surface area contributed by atoms with Gasteiger partial charge in [0.1, 0.15) is 5.82 Å². The van der Waals surface area contributed by atoms with Gasteiger partial charge in [-0.1, -0.05) is 19.9 Å². The standard InChI is InChI=1S/C16H25FN2/c1-4-8-18-15-7-9-19(11-13(15)3)16-6-5-12(2)10-14(16)17/h5-6,10,13,15,18H,4,7-9,11H2,1-3H3. The Morgan fingerprint density at radius 2 is 2.21 bits per heavy atom. The van der Waals surface area contributed by atoms with Crippen molar-refractivity contribution in [3.8, 4) is 0 Å². The molecule has 106 valence electrons. The molecule has 1 fully saturated rings. The van der Waals surface area contributed by atoms with Gasteiger partial charge < -0.3 is 10.2 Å². The fourth-order valence-electron chi connectivity index (χ4n) is 2.87. The predicted octanol–water partition coefficient (Wildman–Crippen LogP) is 3.35. The molecule has 0 aromatic heterocycles. The molecule has 1 aliphatic heterocycles. The molecule has 1 aliphatic rings. The highest BCUT2D eigenvalue weighted by molar-refractivity contribution is 5.49. The van der Waals surface area contributed by atoms with Gasteiger partial charge in [0.25, 0.3) is 0 Å². The second-order valence-electron chi connectivity index (χ2n) is 5.73. The summed E-state index contributed by atoms with van der Waals surface area (Å²) in [7, 11) is 0. The molecule has 1 heterocycles. The van der Waals surface area contributed by atoms with Crippen LogP contribution in [0, 0.1) is 18.7 Å². The zero-order valence-electron chi connectivity index (χ0n) is 12.2. The summed E-state index contributed by atoms with van der Waals surface area (Å²) in [6.07, 6.45) is 2.26. The SMILES string of the molecule is CCCNC1CCN(c2ccc(C)cc2F)CC1C. The normalized spacial score (nSPS) is 23.7. The Morgan fingerprint density at radius 3 is 2.84 bits per heavy atom. The Hall–Kier alpha value is -1.09. The molecule has 0 radical (unpaired) electrons. The molecule has 0 spiro atoms. The van der Waals surface area contributed by atoms with Crippen LogP contribution in [0.5, 0.6) is 0 Å². The third-order valence-corrected chi connectivity index (χ3v) is 4.01. The Balaban J connectivity index is 2.01. The van der Waals surface area contributed by atoms with Crippen LogP contribution in [0.15, 0.2) is 18.2 Å². The maximum absolute atomic E-state index is 14.0. The third-order valence-electron chi connectivity index (χ3n) is 4.01. The fourth-order valence-corrected chi connectivity index (χ4v) is 2.87. The van der Waals surface area contributed by atoms with E-state index >= 15 is 0 Å². The number of aryl methyl sites for hydroxylation is 1. The van der Waals surface area contributed by atoms with Crippen molar-refractivity contribution in [2.45, 2.75) is 39.7 Å². The van der Waals surface area contributed by atoms with Crippen molar-refractivity contribution in [2.75, 3.05) is 24.5 Å². The van der Waals surface area contributed by atoms with Gasteiger partial charge >= 0.3 is 0 Å². The van der Waals surface area contributed by atoms with E-state index in [4.69, 9.17) is 0 Å². The van der Waals surface area contributed by atoms with E-state index in [1.165, 1.54) is 6.42 Å². The highest BCUT2D eigenvalue weighted by Gasteiger charge is 2.26. The summed E-state index contributed by atoms with van der Waals surface area (Å²) in [4.78, 5) is 2.18. The van der Waals surface area contributed by atoms with Gasteiger partial charge in [0.15, 0.2) is 0 Å². The number of nitrogens with one attached hydrogen (secondary N) is 1. The van der Waals surface area contributed by atoms with Gasteiger partial charge in [-0.25, -0.2) is 4.39 Å². The number of hydrogen-bond acceptors (Lipinski definition) is 2. The average Bonchev–Trinajstić information content (AvgIpc) is 2.37. The minimum atomic E-state index is -0.0906. The molecular weight excluding hydrogens is 239 g/mol. The summed E-state index contributed by atoms with van der Waals surface area (Å²) in [5, 5.41) is 3.60. The van der Waals surface area contributed by atoms with Crippen LogP contribution in [-0.4, -0.2) is 25.7 Å². The van der Waals surface area contributed by atoms with E-state index < -0.39 is 0 Å². The minimum absolute atomic E-state index is 0.0906. The minimum Gasteiger partial charge on any atom is -0.369 e. The lowest BCUT2D eigenvalue weighted by atomic mass is 9.93. The summed E-state index contributed by atoms with van der Waals surface area (Å²) in [6, 6.07) is 6.10. The van der Waals surface area contributed by atoms with Crippen LogP contribution in [0.4, 0.5) is 10.1 Å². The topological polar surface area (TPSA) is 15.3 Å².